The number of hydrogen-bond acceptors (Lipinski definition) is 6. The number of amides is 1. The van der Waals surface area contributed by atoms with Crippen molar-refractivity contribution in [1.29, 1.82) is 0 Å². The fourth-order valence-electron chi connectivity index (χ4n) is 5.32. The van der Waals surface area contributed by atoms with Gasteiger partial charge in [0.05, 0.1) is 29.9 Å². The summed E-state index contributed by atoms with van der Waals surface area (Å²) in [5, 5.41) is 8.44. The second kappa shape index (κ2) is 11.3. The molecule has 8 heteroatoms. The van der Waals surface area contributed by atoms with Gasteiger partial charge in [-0.25, -0.2) is 9.99 Å². The first-order valence-corrected chi connectivity index (χ1v) is 13.7. The van der Waals surface area contributed by atoms with E-state index in [2.05, 4.69) is 29.2 Å². The molecule has 0 N–H and O–H groups in total. The number of rotatable bonds is 8. The predicted molar refractivity (Wildman–Crippen MR) is 158 cm³/mol. The SMILES string of the molecule is CCc1nc2ccccc2n1CC(=O)OCC(=O)N1N=C(c2ccc3ccccc3c2)C[C@H]1c1ccc(OC)cc1. The molecule has 0 fully saturated rings. The molecule has 0 saturated carbocycles. The summed E-state index contributed by atoms with van der Waals surface area (Å²) in [6.07, 6.45) is 1.20. The number of ether oxygens (including phenoxy) is 2. The normalized spacial score (nSPS) is 14.8. The summed E-state index contributed by atoms with van der Waals surface area (Å²) in [4.78, 5) is 31.0. The molecule has 0 radical (unpaired) electrons. The summed E-state index contributed by atoms with van der Waals surface area (Å²) >= 11 is 0. The van der Waals surface area contributed by atoms with Crippen molar-refractivity contribution in [3.05, 3.63) is 108 Å². The summed E-state index contributed by atoms with van der Waals surface area (Å²) in [6.45, 7) is 1.56. The molecular formula is C33H30N4O4. The van der Waals surface area contributed by atoms with Crippen LogP contribution in [0.1, 0.15) is 36.3 Å². The molecule has 1 aromatic heterocycles. The zero-order valence-corrected chi connectivity index (χ0v) is 23.0. The molecule has 1 amide bonds. The van der Waals surface area contributed by atoms with Crippen LogP contribution >= 0.6 is 0 Å². The largest absolute Gasteiger partial charge is 0.497 e. The number of para-hydroxylation sites is 2. The summed E-state index contributed by atoms with van der Waals surface area (Å²) < 4.78 is 12.6. The van der Waals surface area contributed by atoms with Crippen LogP contribution in [0.3, 0.4) is 0 Å². The van der Waals surface area contributed by atoms with Crippen molar-refractivity contribution in [3.8, 4) is 5.75 Å². The summed E-state index contributed by atoms with van der Waals surface area (Å²) in [7, 11) is 1.62. The highest BCUT2D eigenvalue weighted by Crippen LogP contribution is 2.34. The molecule has 41 heavy (non-hydrogen) atoms. The maximum atomic E-state index is 13.5. The molecule has 206 valence electrons. The Hall–Kier alpha value is -4.98. The zero-order chi connectivity index (χ0) is 28.3. The van der Waals surface area contributed by atoms with Gasteiger partial charge in [-0.2, -0.15) is 5.10 Å². The average molecular weight is 547 g/mol. The Morgan fingerprint density at radius 2 is 1.68 bits per heavy atom. The third kappa shape index (κ3) is 5.28. The first kappa shape index (κ1) is 26.3. The lowest BCUT2D eigenvalue weighted by Crippen LogP contribution is -2.32. The summed E-state index contributed by atoms with van der Waals surface area (Å²) in [5.74, 6) is 0.627. The van der Waals surface area contributed by atoms with Gasteiger partial charge in [-0.15, -0.1) is 0 Å². The molecule has 8 nitrogen and oxygen atoms in total. The van der Waals surface area contributed by atoms with Crippen molar-refractivity contribution >= 4 is 39.4 Å². The fraction of sp³-hybridized carbons (Fsp3) is 0.212. The van der Waals surface area contributed by atoms with Crippen LogP contribution in [-0.4, -0.2) is 45.9 Å². The van der Waals surface area contributed by atoms with Gasteiger partial charge in [-0.05, 0) is 52.2 Å². The van der Waals surface area contributed by atoms with Crippen molar-refractivity contribution in [3.63, 3.8) is 0 Å². The maximum absolute atomic E-state index is 13.5. The van der Waals surface area contributed by atoms with E-state index >= 15 is 0 Å². The molecule has 0 unspecified atom stereocenters. The molecular weight excluding hydrogens is 516 g/mol. The molecule has 0 spiro atoms. The molecule has 0 bridgehead atoms. The van der Waals surface area contributed by atoms with Crippen molar-refractivity contribution < 1.29 is 19.1 Å². The second-order valence-corrected chi connectivity index (χ2v) is 9.96. The van der Waals surface area contributed by atoms with E-state index in [1.165, 1.54) is 5.01 Å². The lowest BCUT2D eigenvalue weighted by molar-refractivity contribution is -0.153. The van der Waals surface area contributed by atoms with Crippen LogP contribution in [0.4, 0.5) is 0 Å². The van der Waals surface area contributed by atoms with E-state index in [9.17, 15) is 9.59 Å². The number of nitrogens with zero attached hydrogens (tertiary/aromatic N) is 4. The topological polar surface area (TPSA) is 86.0 Å². The Morgan fingerprint density at radius 1 is 0.927 bits per heavy atom. The van der Waals surface area contributed by atoms with E-state index in [0.29, 0.717) is 12.8 Å². The first-order chi connectivity index (χ1) is 20.0. The molecule has 1 aliphatic heterocycles. The number of imidazole rings is 1. The Morgan fingerprint density at radius 3 is 2.46 bits per heavy atom. The zero-order valence-electron chi connectivity index (χ0n) is 23.0. The monoisotopic (exact) mass is 546 g/mol. The number of methoxy groups -OCH3 is 1. The Bertz CT molecular complexity index is 1770. The standard InChI is InChI=1S/C33H30N4O4/c1-3-31-34-27-10-6-7-11-29(27)36(31)20-33(39)41-21-32(38)37-30(23-14-16-26(40-2)17-15-23)19-28(35-37)25-13-12-22-8-4-5-9-24(22)18-25/h4-18,30H,3,19-21H2,1-2H3/t30-/m0/s1. The van der Waals surface area contributed by atoms with Gasteiger partial charge in [0.25, 0.3) is 5.91 Å². The smallest absolute Gasteiger partial charge is 0.326 e. The van der Waals surface area contributed by atoms with Gasteiger partial charge < -0.3 is 14.0 Å². The number of aryl methyl sites for hydroxylation is 1. The minimum absolute atomic E-state index is 0.0233. The van der Waals surface area contributed by atoms with Gasteiger partial charge in [-0.1, -0.05) is 67.6 Å². The van der Waals surface area contributed by atoms with Gasteiger partial charge >= 0.3 is 5.97 Å². The quantitative estimate of drug-likeness (QED) is 0.234. The first-order valence-electron chi connectivity index (χ1n) is 13.7. The van der Waals surface area contributed by atoms with E-state index < -0.39 is 12.6 Å². The van der Waals surface area contributed by atoms with Crippen LogP contribution in [0.25, 0.3) is 21.8 Å². The second-order valence-electron chi connectivity index (χ2n) is 9.96. The number of hydrogen-bond donors (Lipinski definition) is 0. The molecule has 0 saturated heterocycles. The number of benzene rings is 4. The highest BCUT2D eigenvalue weighted by Gasteiger charge is 2.33. The Kier molecular flexibility index (Phi) is 7.20. The fourth-order valence-corrected chi connectivity index (χ4v) is 5.32. The number of hydrazone groups is 1. The van der Waals surface area contributed by atoms with Gasteiger partial charge in [-0.3, -0.25) is 9.59 Å². The van der Waals surface area contributed by atoms with Crippen molar-refractivity contribution in [2.24, 2.45) is 5.10 Å². The van der Waals surface area contributed by atoms with E-state index in [-0.39, 0.29) is 18.5 Å². The molecule has 5 aromatic rings. The molecule has 6 rings (SSSR count). The maximum Gasteiger partial charge on any atom is 0.326 e. The number of esters is 1. The third-order valence-corrected chi connectivity index (χ3v) is 7.44. The van der Waals surface area contributed by atoms with Gasteiger partial charge in [0.1, 0.15) is 18.1 Å². The lowest BCUT2D eigenvalue weighted by Gasteiger charge is -2.22. The predicted octanol–water partition coefficient (Wildman–Crippen LogP) is 5.68. The number of carbonyl (C=O) groups is 2. The molecule has 4 aromatic carbocycles. The molecule has 2 heterocycles. The molecule has 0 aliphatic carbocycles. The van der Waals surface area contributed by atoms with Crippen molar-refractivity contribution in [1.82, 2.24) is 14.6 Å². The number of fused-ring (bicyclic) bond motifs is 2. The minimum atomic E-state index is -0.505. The molecule has 1 aliphatic rings. The van der Waals surface area contributed by atoms with E-state index in [1.807, 2.05) is 78.2 Å². The Balaban J connectivity index is 1.22. The van der Waals surface area contributed by atoms with Gasteiger partial charge in [0.15, 0.2) is 6.61 Å². The van der Waals surface area contributed by atoms with E-state index in [1.54, 1.807) is 7.11 Å². The van der Waals surface area contributed by atoms with Crippen LogP contribution in [-0.2, 0) is 27.3 Å². The van der Waals surface area contributed by atoms with E-state index in [4.69, 9.17) is 14.6 Å². The van der Waals surface area contributed by atoms with Crippen LogP contribution in [0.15, 0.2) is 96.1 Å². The van der Waals surface area contributed by atoms with Gasteiger partial charge in [0, 0.05) is 12.8 Å². The third-order valence-electron chi connectivity index (χ3n) is 7.44. The highest BCUT2D eigenvalue weighted by atomic mass is 16.5. The highest BCUT2D eigenvalue weighted by molar-refractivity contribution is 6.05. The van der Waals surface area contributed by atoms with Crippen molar-refractivity contribution in [2.45, 2.75) is 32.4 Å². The van der Waals surface area contributed by atoms with Crippen LogP contribution in [0.2, 0.25) is 0 Å². The Labute approximate surface area is 237 Å². The number of aromatic nitrogens is 2. The van der Waals surface area contributed by atoms with Crippen LogP contribution in [0.5, 0.6) is 5.75 Å². The van der Waals surface area contributed by atoms with Crippen molar-refractivity contribution in [2.75, 3.05) is 13.7 Å². The van der Waals surface area contributed by atoms with Crippen LogP contribution < -0.4 is 4.74 Å². The average Bonchev–Trinajstić information content (AvgIpc) is 3.62. The lowest BCUT2D eigenvalue weighted by atomic mass is 9.97. The van der Waals surface area contributed by atoms with Crippen LogP contribution in [0, 0.1) is 0 Å². The molecule has 1 atom stereocenters. The minimum Gasteiger partial charge on any atom is -0.497 e. The van der Waals surface area contributed by atoms with Gasteiger partial charge in [0.2, 0.25) is 0 Å². The number of carbonyl (C=O) groups excluding carboxylic acids is 2. The summed E-state index contributed by atoms with van der Waals surface area (Å²) in [6, 6.07) is 29.3. The van der Waals surface area contributed by atoms with E-state index in [0.717, 1.165) is 50.2 Å². The summed E-state index contributed by atoms with van der Waals surface area (Å²) in [5.41, 5.74) is 4.35.